The summed E-state index contributed by atoms with van der Waals surface area (Å²) in [5, 5.41) is 10.1. The lowest BCUT2D eigenvalue weighted by atomic mass is 10.0. The van der Waals surface area contributed by atoms with E-state index in [2.05, 4.69) is 156 Å². The molecule has 0 radical (unpaired) electrons. The molecule has 0 saturated carbocycles. The van der Waals surface area contributed by atoms with Gasteiger partial charge in [-0.3, -0.25) is 0 Å². The van der Waals surface area contributed by atoms with Gasteiger partial charge in [-0.25, -0.2) is 9.97 Å². The predicted octanol–water partition coefficient (Wildman–Crippen LogP) is 13.2. The molecule has 242 valence electrons. The second-order valence-corrected chi connectivity index (χ2v) is 14.4. The van der Waals surface area contributed by atoms with E-state index in [4.69, 9.17) is 9.97 Å². The molecular formula is C48H29N3S. The molecule has 0 N–H and O–H groups in total. The van der Waals surface area contributed by atoms with Gasteiger partial charge < -0.3 is 4.57 Å². The Morgan fingerprint density at radius 3 is 1.92 bits per heavy atom. The third-order valence-electron chi connectivity index (χ3n) is 10.4. The average molecular weight is 680 g/mol. The van der Waals surface area contributed by atoms with E-state index in [0.717, 1.165) is 39.6 Å². The van der Waals surface area contributed by atoms with Crippen LogP contribution in [0.1, 0.15) is 0 Å². The van der Waals surface area contributed by atoms with Gasteiger partial charge in [0.25, 0.3) is 0 Å². The van der Waals surface area contributed by atoms with Crippen LogP contribution in [-0.4, -0.2) is 14.5 Å². The van der Waals surface area contributed by atoms with Crippen LogP contribution in [0.5, 0.6) is 0 Å². The Hall–Kier alpha value is -6.62. The Labute approximate surface area is 303 Å². The first-order valence-corrected chi connectivity index (χ1v) is 18.4. The number of hydrogen-bond donors (Lipinski definition) is 0. The maximum atomic E-state index is 5.21. The average Bonchev–Trinajstić information content (AvgIpc) is 3.77. The van der Waals surface area contributed by atoms with E-state index in [1.165, 1.54) is 63.5 Å². The summed E-state index contributed by atoms with van der Waals surface area (Å²) in [4.78, 5) is 10.3. The minimum atomic E-state index is 0.726. The first-order valence-electron chi connectivity index (χ1n) is 17.6. The summed E-state index contributed by atoms with van der Waals surface area (Å²) in [6.45, 7) is 0. The van der Waals surface area contributed by atoms with Gasteiger partial charge >= 0.3 is 0 Å². The lowest BCUT2D eigenvalue weighted by Gasteiger charge is -2.11. The second-order valence-electron chi connectivity index (χ2n) is 13.4. The number of fused-ring (bicyclic) bond motifs is 10. The smallest absolute Gasteiger partial charge is 0.160 e. The maximum Gasteiger partial charge on any atom is 0.160 e. The molecule has 11 rings (SSSR count). The fourth-order valence-electron chi connectivity index (χ4n) is 7.99. The molecule has 0 spiro atoms. The van der Waals surface area contributed by atoms with Crippen LogP contribution < -0.4 is 0 Å². The van der Waals surface area contributed by atoms with Crippen LogP contribution in [-0.2, 0) is 0 Å². The molecule has 0 aliphatic rings. The van der Waals surface area contributed by atoms with Crippen LogP contribution in [0.25, 0.3) is 103 Å². The van der Waals surface area contributed by atoms with Gasteiger partial charge in [-0.2, -0.15) is 0 Å². The van der Waals surface area contributed by atoms with Crippen molar-refractivity contribution >= 4 is 74.9 Å². The quantitative estimate of drug-likeness (QED) is 0.173. The zero-order valence-corrected chi connectivity index (χ0v) is 28.8. The molecule has 0 fully saturated rings. The van der Waals surface area contributed by atoms with Crippen molar-refractivity contribution in [1.82, 2.24) is 14.5 Å². The minimum Gasteiger partial charge on any atom is -0.309 e. The number of benzene rings is 8. The number of hydrogen-bond acceptors (Lipinski definition) is 3. The van der Waals surface area contributed by atoms with E-state index >= 15 is 0 Å². The second kappa shape index (κ2) is 11.5. The molecule has 0 saturated heterocycles. The molecule has 4 heteroatoms. The molecule has 0 aliphatic carbocycles. The fourth-order valence-corrected chi connectivity index (χ4v) is 9.36. The highest BCUT2D eigenvalue weighted by Gasteiger charge is 2.20. The number of para-hydroxylation sites is 1. The summed E-state index contributed by atoms with van der Waals surface area (Å²) in [6, 6.07) is 62.9. The number of nitrogens with zero attached hydrogens (tertiary/aromatic N) is 3. The predicted molar refractivity (Wildman–Crippen MR) is 221 cm³/mol. The van der Waals surface area contributed by atoms with Crippen LogP contribution >= 0.6 is 11.3 Å². The highest BCUT2D eigenvalue weighted by atomic mass is 32.1. The van der Waals surface area contributed by atoms with Crippen molar-refractivity contribution in [3.8, 4) is 39.6 Å². The van der Waals surface area contributed by atoms with Crippen molar-refractivity contribution < 1.29 is 0 Å². The summed E-state index contributed by atoms with van der Waals surface area (Å²) in [6.07, 6.45) is 0. The molecule has 11 aromatic rings. The van der Waals surface area contributed by atoms with E-state index in [-0.39, 0.29) is 0 Å². The third kappa shape index (κ3) is 4.45. The summed E-state index contributed by atoms with van der Waals surface area (Å²) in [7, 11) is 0. The monoisotopic (exact) mass is 679 g/mol. The normalized spacial score (nSPS) is 11.8. The van der Waals surface area contributed by atoms with E-state index in [0.29, 0.717) is 0 Å². The van der Waals surface area contributed by atoms with Crippen LogP contribution in [0, 0.1) is 0 Å². The number of thiophene rings is 1. The molecule has 0 aliphatic heterocycles. The van der Waals surface area contributed by atoms with E-state index < -0.39 is 0 Å². The molecule has 3 nitrogen and oxygen atoms in total. The highest BCUT2D eigenvalue weighted by Crippen LogP contribution is 2.46. The SMILES string of the molecule is c1ccc(-c2cc(-c3cccc4c3sc3c4ccc4c3c3ccccc3n4-c3ccc4c(ccc5ccccc54)c3)nc(-c3ccccc3)n2)cc1. The van der Waals surface area contributed by atoms with Crippen LogP contribution in [0.2, 0.25) is 0 Å². The Morgan fingerprint density at radius 2 is 1.06 bits per heavy atom. The molecule has 0 atom stereocenters. The van der Waals surface area contributed by atoms with Gasteiger partial charge in [0.05, 0.1) is 22.4 Å². The Bertz CT molecular complexity index is 3120. The van der Waals surface area contributed by atoms with Crippen molar-refractivity contribution in [1.29, 1.82) is 0 Å². The molecule has 3 heterocycles. The summed E-state index contributed by atoms with van der Waals surface area (Å²) in [5.41, 5.74) is 8.61. The Kier molecular flexibility index (Phi) is 6.42. The lowest BCUT2D eigenvalue weighted by Crippen LogP contribution is -1.95. The molecule has 3 aromatic heterocycles. The topological polar surface area (TPSA) is 30.7 Å². The molecule has 8 aromatic carbocycles. The van der Waals surface area contributed by atoms with Gasteiger partial charge in [-0.15, -0.1) is 11.3 Å². The van der Waals surface area contributed by atoms with Crippen LogP contribution in [0.4, 0.5) is 0 Å². The summed E-state index contributed by atoms with van der Waals surface area (Å²) in [5.74, 6) is 0.726. The van der Waals surface area contributed by atoms with Crippen molar-refractivity contribution in [2.24, 2.45) is 0 Å². The van der Waals surface area contributed by atoms with Crippen molar-refractivity contribution in [2.45, 2.75) is 0 Å². The van der Waals surface area contributed by atoms with Crippen molar-refractivity contribution in [3.05, 3.63) is 176 Å². The standard InChI is InChI=1S/C48H29N3S/c1-3-13-31(14-4-1)41-29-42(50-48(49-41)32-15-5-2-6-16-32)39-20-11-19-37-38-26-27-44-45(47(38)52-46(37)39)40-18-9-10-21-43(40)51(44)34-24-25-36-33(28-34)23-22-30-12-7-8-17-35(30)36/h1-29H. The first kappa shape index (κ1) is 29.1. The summed E-state index contributed by atoms with van der Waals surface area (Å²) >= 11 is 1.87. The highest BCUT2D eigenvalue weighted by molar-refractivity contribution is 7.27. The molecule has 0 bridgehead atoms. The van der Waals surface area contributed by atoms with Crippen LogP contribution in [0.3, 0.4) is 0 Å². The number of aromatic nitrogens is 3. The third-order valence-corrected chi connectivity index (χ3v) is 11.7. The fraction of sp³-hybridized carbons (Fsp3) is 0. The zero-order valence-electron chi connectivity index (χ0n) is 28.0. The van der Waals surface area contributed by atoms with E-state index in [9.17, 15) is 0 Å². The first-order chi connectivity index (χ1) is 25.8. The largest absolute Gasteiger partial charge is 0.309 e. The van der Waals surface area contributed by atoms with Gasteiger partial charge in [0.15, 0.2) is 5.82 Å². The van der Waals surface area contributed by atoms with Crippen LogP contribution in [0.15, 0.2) is 176 Å². The lowest BCUT2D eigenvalue weighted by molar-refractivity contribution is 1.19. The van der Waals surface area contributed by atoms with Gasteiger partial charge in [-0.05, 0) is 51.9 Å². The van der Waals surface area contributed by atoms with Crippen molar-refractivity contribution in [3.63, 3.8) is 0 Å². The minimum absolute atomic E-state index is 0.726. The van der Waals surface area contributed by atoms with E-state index in [1.807, 2.05) is 35.6 Å². The molecule has 0 amide bonds. The zero-order chi connectivity index (χ0) is 34.2. The van der Waals surface area contributed by atoms with Gasteiger partial charge in [0.1, 0.15) is 0 Å². The van der Waals surface area contributed by atoms with Gasteiger partial charge in [0, 0.05) is 53.3 Å². The van der Waals surface area contributed by atoms with Gasteiger partial charge in [0.2, 0.25) is 0 Å². The number of rotatable bonds is 4. The Morgan fingerprint density at radius 1 is 0.404 bits per heavy atom. The molecule has 52 heavy (non-hydrogen) atoms. The van der Waals surface area contributed by atoms with Crippen molar-refractivity contribution in [2.75, 3.05) is 0 Å². The Balaban J connectivity index is 1.15. The summed E-state index contributed by atoms with van der Waals surface area (Å²) < 4.78 is 4.96. The maximum absolute atomic E-state index is 5.21. The van der Waals surface area contributed by atoms with E-state index in [1.54, 1.807) is 0 Å². The van der Waals surface area contributed by atoms with Gasteiger partial charge in [-0.1, -0.05) is 146 Å². The molecule has 0 unspecified atom stereocenters. The molecular weight excluding hydrogens is 651 g/mol.